The molecule has 5 nitrogen and oxygen atoms in total. The van der Waals surface area contributed by atoms with Crippen LogP contribution in [0.4, 0.5) is 0 Å². The number of rotatable bonds is 6. The van der Waals surface area contributed by atoms with E-state index in [0.29, 0.717) is 15.8 Å². The second-order valence-electron chi connectivity index (χ2n) is 6.97. The first-order chi connectivity index (χ1) is 12.9. The Morgan fingerprint density at radius 2 is 1.85 bits per heavy atom. The van der Waals surface area contributed by atoms with Crippen molar-refractivity contribution in [2.45, 2.75) is 38.3 Å². The Bertz CT molecular complexity index is 734. The van der Waals surface area contributed by atoms with Gasteiger partial charge in [0.1, 0.15) is 6.04 Å². The molecule has 1 aliphatic carbocycles. The van der Waals surface area contributed by atoms with Crippen LogP contribution in [0.5, 0.6) is 0 Å². The predicted molar refractivity (Wildman–Crippen MR) is 108 cm³/mol. The van der Waals surface area contributed by atoms with Crippen molar-refractivity contribution in [1.29, 1.82) is 0 Å². The van der Waals surface area contributed by atoms with Crippen LogP contribution < -0.4 is 5.32 Å². The molecular weight excluding hydrogens is 407 g/mol. The number of fused-ring (bicyclic) bond motifs is 1. The fourth-order valence-electron chi connectivity index (χ4n) is 3.89. The molecule has 1 saturated heterocycles. The zero-order valence-corrected chi connectivity index (χ0v) is 17.4. The lowest BCUT2D eigenvalue weighted by Crippen LogP contribution is -2.51. The van der Waals surface area contributed by atoms with Crippen LogP contribution in [0.25, 0.3) is 0 Å². The zero-order chi connectivity index (χ0) is 19.6. The summed E-state index contributed by atoms with van der Waals surface area (Å²) in [6.07, 6.45) is 5.25. The van der Waals surface area contributed by atoms with E-state index >= 15 is 0 Å². The number of hydrogen-bond acceptors (Lipinski definition) is 4. The van der Waals surface area contributed by atoms with Gasteiger partial charge in [-0.1, -0.05) is 42.1 Å². The van der Waals surface area contributed by atoms with Gasteiger partial charge in [-0.25, -0.2) is 0 Å². The standard InChI is InChI=1S/C19H22Cl2N2O3S/c1-27-10-16(17(24)22-9-11-6-7-12(20)8-15(11)21)23-18(25)13-4-2-3-5-14(13)19(23)26/h6-8,13-14,16H,2-5,9-10H2,1H3,(H,22,24)/t13-,14+,16-/m1/s1. The van der Waals surface area contributed by atoms with E-state index in [1.165, 1.54) is 16.7 Å². The average molecular weight is 429 g/mol. The number of nitrogens with zero attached hydrogens (tertiary/aromatic N) is 1. The van der Waals surface area contributed by atoms with Crippen molar-refractivity contribution in [3.8, 4) is 0 Å². The molecule has 3 amide bonds. The fourth-order valence-corrected chi connectivity index (χ4v) is 4.98. The number of imide groups is 1. The summed E-state index contributed by atoms with van der Waals surface area (Å²) < 4.78 is 0. The van der Waals surface area contributed by atoms with Gasteiger partial charge >= 0.3 is 0 Å². The normalized spacial score (nSPS) is 23.3. The second kappa shape index (κ2) is 8.84. The summed E-state index contributed by atoms with van der Waals surface area (Å²) in [6.45, 7) is 0.211. The van der Waals surface area contributed by atoms with Gasteiger partial charge < -0.3 is 5.32 Å². The highest BCUT2D eigenvalue weighted by Crippen LogP contribution is 2.39. The molecule has 0 unspecified atom stereocenters. The molecule has 0 aromatic heterocycles. The zero-order valence-electron chi connectivity index (χ0n) is 15.0. The summed E-state index contributed by atoms with van der Waals surface area (Å²) in [5, 5.41) is 3.80. The highest BCUT2D eigenvalue weighted by molar-refractivity contribution is 7.98. The van der Waals surface area contributed by atoms with Crippen LogP contribution in [0.1, 0.15) is 31.2 Å². The molecule has 2 aliphatic rings. The van der Waals surface area contributed by atoms with Gasteiger partial charge in [0.05, 0.1) is 11.8 Å². The summed E-state index contributed by atoms with van der Waals surface area (Å²) in [5.41, 5.74) is 0.727. The van der Waals surface area contributed by atoms with Crippen molar-refractivity contribution in [3.63, 3.8) is 0 Å². The molecular formula is C19H22Cl2N2O3S. The van der Waals surface area contributed by atoms with Gasteiger partial charge in [-0.15, -0.1) is 0 Å². The highest BCUT2D eigenvalue weighted by atomic mass is 35.5. The van der Waals surface area contributed by atoms with Crippen molar-refractivity contribution >= 4 is 52.7 Å². The van der Waals surface area contributed by atoms with E-state index in [0.717, 1.165) is 31.2 Å². The lowest BCUT2D eigenvalue weighted by molar-refractivity contribution is -0.147. The number of benzene rings is 1. The quantitative estimate of drug-likeness (QED) is 0.703. The van der Waals surface area contributed by atoms with Gasteiger partial charge in [-0.2, -0.15) is 11.8 Å². The van der Waals surface area contributed by atoms with Gasteiger partial charge in [0.15, 0.2) is 0 Å². The van der Waals surface area contributed by atoms with Gasteiger partial charge in [0.25, 0.3) is 0 Å². The van der Waals surface area contributed by atoms with Crippen molar-refractivity contribution in [2.24, 2.45) is 11.8 Å². The first kappa shape index (κ1) is 20.5. The molecule has 3 rings (SSSR count). The molecule has 0 spiro atoms. The predicted octanol–water partition coefficient (Wildman–Crippen LogP) is 3.52. The molecule has 3 atom stereocenters. The minimum atomic E-state index is -0.795. The molecule has 1 aromatic rings. The maximum Gasteiger partial charge on any atom is 0.244 e. The minimum Gasteiger partial charge on any atom is -0.350 e. The van der Waals surface area contributed by atoms with E-state index in [1.807, 2.05) is 6.26 Å². The van der Waals surface area contributed by atoms with Gasteiger partial charge in [-0.05, 0) is 36.8 Å². The molecule has 1 saturated carbocycles. The van der Waals surface area contributed by atoms with E-state index in [-0.39, 0.29) is 36.1 Å². The van der Waals surface area contributed by atoms with Gasteiger partial charge in [0.2, 0.25) is 17.7 Å². The van der Waals surface area contributed by atoms with Crippen LogP contribution in [0.2, 0.25) is 10.0 Å². The third-order valence-corrected chi connectivity index (χ3v) is 6.52. The molecule has 2 fully saturated rings. The number of likely N-dealkylation sites (tertiary alicyclic amines) is 1. The highest BCUT2D eigenvalue weighted by Gasteiger charge is 2.51. The molecule has 1 aliphatic heterocycles. The Morgan fingerprint density at radius 3 is 2.41 bits per heavy atom. The van der Waals surface area contributed by atoms with Crippen LogP contribution in [-0.2, 0) is 20.9 Å². The van der Waals surface area contributed by atoms with Crippen LogP contribution in [0.15, 0.2) is 18.2 Å². The SMILES string of the molecule is CSC[C@H](C(=O)NCc1ccc(Cl)cc1Cl)N1C(=O)[C@H]2CCCC[C@H]2C1=O. The van der Waals surface area contributed by atoms with Crippen molar-refractivity contribution in [2.75, 3.05) is 12.0 Å². The number of thioether (sulfide) groups is 1. The Kier molecular flexibility index (Phi) is 6.71. The monoisotopic (exact) mass is 428 g/mol. The smallest absolute Gasteiger partial charge is 0.244 e. The van der Waals surface area contributed by atoms with E-state index in [4.69, 9.17) is 23.2 Å². The average Bonchev–Trinajstić information content (AvgIpc) is 2.90. The number of carbonyl (C=O) groups excluding carboxylic acids is 3. The lowest BCUT2D eigenvalue weighted by atomic mass is 9.81. The summed E-state index contributed by atoms with van der Waals surface area (Å²) >= 11 is 13.5. The Labute approximate surface area is 173 Å². The summed E-state index contributed by atoms with van der Waals surface area (Å²) in [7, 11) is 0. The van der Waals surface area contributed by atoms with Crippen LogP contribution in [0.3, 0.4) is 0 Å². The second-order valence-corrected chi connectivity index (χ2v) is 8.72. The van der Waals surface area contributed by atoms with Crippen LogP contribution in [0, 0.1) is 11.8 Å². The third kappa shape index (κ3) is 4.28. The molecule has 146 valence electrons. The number of carbonyl (C=O) groups is 3. The maximum absolute atomic E-state index is 12.8. The van der Waals surface area contributed by atoms with Crippen LogP contribution in [-0.4, -0.2) is 40.7 Å². The lowest BCUT2D eigenvalue weighted by Gasteiger charge is -2.25. The summed E-state index contributed by atoms with van der Waals surface area (Å²) in [6, 6.07) is 4.26. The van der Waals surface area contributed by atoms with E-state index < -0.39 is 6.04 Å². The molecule has 1 N–H and O–H groups in total. The first-order valence-electron chi connectivity index (χ1n) is 9.01. The van der Waals surface area contributed by atoms with E-state index in [9.17, 15) is 14.4 Å². The largest absolute Gasteiger partial charge is 0.350 e. The molecule has 1 aromatic carbocycles. The van der Waals surface area contributed by atoms with Crippen LogP contribution >= 0.6 is 35.0 Å². The van der Waals surface area contributed by atoms with E-state index in [1.54, 1.807) is 18.2 Å². The Morgan fingerprint density at radius 1 is 1.22 bits per heavy atom. The number of amides is 3. The maximum atomic E-state index is 12.8. The van der Waals surface area contributed by atoms with E-state index in [2.05, 4.69) is 5.32 Å². The summed E-state index contributed by atoms with van der Waals surface area (Å²) in [5.74, 6) is -0.859. The van der Waals surface area contributed by atoms with Crippen molar-refractivity contribution in [3.05, 3.63) is 33.8 Å². The third-order valence-electron chi connectivity index (χ3n) is 5.28. The van der Waals surface area contributed by atoms with Crippen molar-refractivity contribution < 1.29 is 14.4 Å². The molecule has 27 heavy (non-hydrogen) atoms. The molecule has 8 heteroatoms. The Balaban J connectivity index is 1.73. The first-order valence-corrected chi connectivity index (χ1v) is 11.2. The molecule has 0 radical (unpaired) electrons. The van der Waals surface area contributed by atoms with Gasteiger partial charge in [0, 0.05) is 22.3 Å². The topological polar surface area (TPSA) is 66.5 Å². The summed E-state index contributed by atoms with van der Waals surface area (Å²) in [4.78, 5) is 39.7. The van der Waals surface area contributed by atoms with Gasteiger partial charge in [-0.3, -0.25) is 19.3 Å². The molecule has 0 bridgehead atoms. The number of hydrogen-bond donors (Lipinski definition) is 1. The number of nitrogens with one attached hydrogen (secondary N) is 1. The minimum absolute atomic E-state index is 0.191. The Hall–Kier alpha value is -1.24. The number of halogens is 2. The molecule has 1 heterocycles. The van der Waals surface area contributed by atoms with Crippen molar-refractivity contribution in [1.82, 2.24) is 10.2 Å². The fraction of sp³-hybridized carbons (Fsp3) is 0.526.